The van der Waals surface area contributed by atoms with E-state index in [1.165, 1.54) is 0 Å². The number of carbonyl (C=O) groups excluding carboxylic acids is 1. The van der Waals surface area contributed by atoms with Crippen LogP contribution in [-0.4, -0.2) is 30.6 Å². The largest absolute Gasteiger partial charge is 0.467 e. The smallest absolute Gasteiger partial charge is 0.294 e. The molecule has 2 aromatic carbocycles. The molecule has 0 saturated carbocycles. The molecule has 3 heterocycles. The Balaban J connectivity index is 1.54. The van der Waals surface area contributed by atoms with Crippen molar-refractivity contribution >= 4 is 5.91 Å². The molecule has 0 bridgehead atoms. The van der Waals surface area contributed by atoms with Gasteiger partial charge in [-0.3, -0.25) is 9.78 Å². The van der Waals surface area contributed by atoms with E-state index in [4.69, 9.17) is 4.42 Å². The second kappa shape index (κ2) is 9.32. The van der Waals surface area contributed by atoms with Crippen LogP contribution in [0.3, 0.4) is 0 Å². The molecule has 7 heteroatoms. The predicted octanol–water partition coefficient (Wildman–Crippen LogP) is 4.76. The highest BCUT2D eigenvalue weighted by Crippen LogP contribution is 2.22. The van der Waals surface area contributed by atoms with Crippen molar-refractivity contribution in [1.82, 2.24) is 24.6 Å². The van der Waals surface area contributed by atoms with Crippen LogP contribution >= 0.6 is 0 Å². The van der Waals surface area contributed by atoms with E-state index in [-0.39, 0.29) is 11.7 Å². The van der Waals surface area contributed by atoms with Crippen LogP contribution in [0.2, 0.25) is 0 Å². The zero-order chi connectivity index (χ0) is 22.5. The van der Waals surface area contributed by atoms with Gasteiger partial charge in [-0.2, -0.15) is 0 Å². The number of aromatic nitrogens is 4. The Hall–Kier alpha value is -4.52. The Labute approximate surface area is 191 Å². The van der Waals surface area contributed by atoms with Crippen LogP contribution < -0.4 is 0 Å². The standard InChI is InChI=1S/C26H21N5O2/c32-26(30(19-23-14-8-16-33-23)18-20-9-7-15-27-17-20)24-28-25(21-10-3-1-4-11-21)31(29-24)22-12-5-2-6-13-22/h1-17H,18-19H2. The van der Waals surface area contributed by atoms with Crippen LogP contribution in [0.25, 0.3) is 17.1 Å². The second-order valence-electron chi connectivity index (χ2n) is 7.47. The third-order valence-electron chi connectivity index (χ3n) is 5.14. The molecule has 0 unspecified atom stereocenters. The number of hydrogen-bond acceptors (Lipinski definition) is 5. The lowest BCUT2D eigenvalue weighted by molar-refractivity contribution is 0.0705. The van der Waals surface area contributed by atoms with Gasteiger partial charge in [0.1, 0.15) is 5.76 Å². The molecular weight excluding hydrogens is 414 g/mol. The van der Waals surface area contributed by atoms with E-state index in [0.717, 1.165) is 16.8 Å². The molecule has 162 valence electrons. The highest BCUT2D eigenvalue weighted by molar-refractivity contribution is 5.91. The summed E-state index contributed by atoms with van der Waals surface area (Å²) in [5.74, 6) is 1.11. The minimum atomic E-state index is -0.290. The molecule has 1 amide bonds. The summed E-state index contributed by atoms with van der Waals surface area (Å²) in [5, 5.41) is 4.62. The first-order chi connectivity index (χ1) is 16.3. The number of furan rings is 1. The van der Waals surface area contributed by atoms with Crippen molar-refractivity contribution in [3.05, 3.63) is 121 Å². The molecule has 0 aliphatic carbocycles. The van der Waals surface area contributed by atoms with Crippen molar-refractivity contribution in [2.45, 2.75) is 13.1 Å². The fraction of sp³-hybridized carbons (Fsp3) is 0.0769. The summed E-state index contributed by atoms with van der Waals surface area (Å²) >= 11 is 0. The van der Waals surface area contributed by atoms with Gasteiger partial charge < -0.3 is 9.32 Å². The summed E-state index contributed by atoms with van der Waals surface area (Å²) in [6.45, 7) is 0.648. The van der Waals surface area contributed by atoms with E-state index in [1.807, 2.05) is 78.9 Å². The topological polar surface area (TPSA) is 77.1 Å². The number of para-hydroxylation sites is 1. The van der Waals surface area contributed by atoms with Gasteiger partial charge in [0, 0.05) is 24.5 Å². The Morgan fingerprint density at radius 1 is 0.879 bits per heavy atom. The Morgan fingerprint density at radius 3 is 2.36 bits per heavy atom. The third-order valence-corrected chi connectivity index (χ3v) is 5.14. The van der Waals surface area contributed by atoms with Crippen molar-refractivity contribution in [2.75, 3.05) is 0 Å². The van der Waals surface area contributed by atoms with Gasteiger partial charge in [0.15, 0.2) is 5.82 Å². The number of hydrogen-bond donors (Lipinski definition) is 0. The SMILES string of the molecule is O=C(c1nc(-c2ccccc2)n(-c2ccccc2)n1)N(Cc1cccnc1)Cc1ccco1. The number of benzene rings is 2. The predicted molar refractivity (Wildman–Crippen MR) is 123 cm³/mol. The third kappa shape index (κ3) is 4.57. The van der Waals surface area contributed by atoms with Gasteiger partial charge in [0.2, 0.25) is 5.82 Å². The van der Waals surface area contributed by atoms with E-state index >= 15 is 0 Å². The summed E-state index contributed by atoms with van der Waals surface area (Å²) in [6.07, 6.45) is 5.04. The van der Waals surface area contributed by atoms with Crippen LogP contribution in [0, 0.1) is 0 Å². The first kappa shape index (κ1) is 20.4. The molecule has 0 N–H and O–H groups in total. The Morgan fingerprint density at radius 2 is 1.67 bits per heavy atom. The van der Waals surface area contributed by atoms with Crippen molar-refractivity contribution in [3.63, 3.8) is 0 Å². The fourth-order valence-electron chi connectivity index (χ4n) is 3.57. The van der Waals surface area contributed by atoms with Gasteiger partial charge in [-0.25, -0.2) is 9.67 Å². The quantitative estimate of drug-likeness (QED) is 0.368. The van der Waals surface area contributed by atoms with Gasteiger partial charge in [-0.05, 0) is 35.9 Å². The molecule has 5 aromatic rings. The normalized spacial score (nSPS) is 10.8. The molecule has 0 aliphatic heterocycles. The van der Waals surface area contributed by atoms with Crippen molar-refractivity contribution < 1.29 is 9.21 Å². The van der Waals surface area contributed by atoms with E-state index in [1.54, 1.807) is 34.3 Å². The molecular formula is C26H21N5O2. The highest BCUT2D eigenvalue weighted by atomic mass is 16.3. The molecule has 0 aliphatic rings. The zero-order valence-electron chi connectivity index (χ0n) is 17.8. The van der Waals surface area contributed by atoms with Gasteiger partial charge in [-0.15, -0.1) is 5.10 Å². The fourth-order valence-corrected chi connectivity index (χ4v) is 3.57. The minimum Gasteiger partial charge on any atom is -0.467 e. The lowest BCUT2D eigenvalue weighted by Crippen LogP contribution is -2.31. The van der Waals surface area contributed by atoms with Crippen molar-refractivity contribution in [2.24, 2.45) is 0 Å². The summed E-state index contributed by atoms with van der Waals surface area (Å²) in [7, 11) is 0. The van der Waals surface area contributed by atoms with E-state index in [2.05, 4.69) is 15.1 Å². The monoisotopic (exact) mass is 435 g/mol. The minimum absolute atomic E-state index is 0.119. The lowest BCUT2D eigenvalue weighted by atomic mass is 10.2. The van der Waals surface area contributed by atoms with Crippen LogP contribution in [0.5, 0.6) is 0 Å². The van der Waals surface area contributed by atoms with Crippen LogP contribution in [0.15, 0.2) is 108 Å². The Kier molecular flexibility index (Phi) is 5.75. The zero-order valence-corrected chi connectivity index (χ0v) is 17.8. The molecule has 0 spiro atoms. The van der Waals surface area contributed by atoms with Crippen molar-refractivity contribution in [3.8, 4) is 17.1 Å². The summed E-state index contributed by atoms with van der Waals surface area (Å²) < 4.78 is 7.21. The number of pyridine rings is 1. The number of nitrogens with zero attached hydrogens (tertiary/aromatic N) is 5. The van der Waals surface area contributed by atoms with Gasteiger partial charge in [0.05, 0.1) is 18.5 Å². The highest BCUT2D eigenvalue weighted by Gasteiger charge is 2.24. The number of carbonyl (C=O) groups is 1. The van der Waals surface area contributed by atoms with Gasteiger partial charge >= 0.3 is 0 Å². The Bertz CT molecular complexity index is 1260. The molecule has 0 saturated heterocycles. The van der Waals surface area contributed by atoms with E-state index in [0.29, 0.717) is 24.7 Å². The van der Waals surface area contributed by atoms with Gasteiger partial charge in [0.25, 0.3) is 5.91 Å². The first-order valence-electron chi connectivity index (χ1n) is 10.6. The molecule has 5 rings (SSSR count). The molecule has 0 fully saturated rings. The first-order valence-corrected chi connectivity index (χ1v) is 10.6. The maximum Gasteiger partial charge on any atom is 0.294 e. The maximum absolute atomic E-state index is 13.6. The van der Waals surface area contributed by atoms with Crippen LogP contribution in [0.1, 0.15) is 21.9 Å². The maximum atomic E-state index is 13.6. The van der Waals surface area contributed by atoms with Crippen molar-refractivity contribution in [1.29, 1.82) is 0 Å². The average Bonchev–Trinajstić information content (AvgIpc) is 3.55. The average molecular weight is 435 g/mol. The molecule has 7 nitrogen and oxygen atoms in total. The summed E-state index contributed by atoms with van der Waals surface area (Å²) in [6, 6.07) is 26.8. The van der Waals surface area contributed by atoms with E-state index < -0.39 is 0 Å². The number of amides is 1. The number of rotatable bonds is 7. The molecule has 33 heavy (non-hydrogen) atoms. The summed E-state index contributed by atoms with van der Waals surface area (Å²) in [5.41, 5.74) is 2.61. The van der Waals surface area contributed by atoms with E-state index in [9.17, 15) is 4.79 Å². The van der Waals surface area contributed by atoms with Crippen LogP contribution in [-0.2, 0) is 13.1 Å². The second-order valence-corrected chi connectivity index (χ2v) is 7.47. The molecule has 0 atom stereocenters. The van der Waals surface area contributed by atoms with Crippen LogP contribution in [0.4, 0.5) is 0 Å². The van der Waals surface area contributed by atoms with Gasteiger partial charge in [-0.1, -0.05) is 54.6 Å². The summed E-state index contributed by atoms with van der Waals surface area (Å²) in [4.78, 5) is 24.1. The lowest BCUT2D eigenvalue weighted by Gasteiger charge is -2.20. The molecule has 3 aromatic heterocycles. The molecule has 0 radical (unpaired) electrons.